The second-order valence-corrected chi connectivity index (χ2v) is 8.20. The van der Waals surface area contributed by atoms with Gasteiger partial charge in [0.1, 0.15) is 23.1 Å². The van der Waals surface area contributed by atoms with Gasteiger partial charge in [0.25, 0.3) is 0 Å². The van der Waals surface area contributed by atoms with Crippen molar-refractivity contribution in [2.24, 2.45) is 10.7 Å². The molecule has 0 aliphatic carbocycles. The monoisotopic (exact) mass is 506 g/mol. The molecule has 0 fully saturated rings. The molecular formula is C26H27F5N4O. The number of halogens is 5. The lowest BCUT2D eigenvalue weighted by molar-refractivity contribution is 0.365. The van der Waals surface area contributed by atoms with Crippen LogP contribution in [-0.2, 0) is 0 Å². The van der Waals surface area contributed by atoms with Crippen LogP contribution in [0.2, 0.25) is 0 Å². The lowest BCUT2D eigenvalue weighted by Crippen LogP contribution is -2.16. The van der Waals surface area contributed by atoms with Crippen molar-refractivity contribution in [3.63, 3.8) is 0 Å². The Kier molecular flexibility index (Phi) is 8.49. The van der Waals surface area contributed by atoms with Crippen molar-refractivity contribution in [3.8, 4) is 22.8 Å². The summed E-state index contributed by atoms with van der Waals surface area (Å²) in [7, 11) is 0. The molecule has 0 spiro atoms. The molecule has 1 atom stereocenters. The number of ether oxygens (including phenoxy) is 1. The Hall–Kier alpha value is -3.69. The molecule has 3 aromatic rings. The number of nitrogens with zero attached hydrogens (tertiary/aromatic N) is 3. The largest absolute Gasteiger partial charge is 0.451 e. The maximum absolute atomic E-state index is 15.3. The fourth-order valence-corrected chi connectivity index (χ4v) is 3.98. The van der Waals surface area contributed by atoms with Crippen LogP contribution < -0.4 is 10.5 Å². The van der Waals surface area contributed by atoms with E-state index in [9.17, 15) is 17.6 Å². The van der Waals surface area contributed by atoms with Crippen LogP contribution in [0.3, 0.4) is 0 Å². The number of hydrogen-bond acceptors (Lipinski definition) is 3. The first-order chi connectivity index (χ1) is 17.1. The maximum atomic E-state index is 15.3. The number of hydrogen-bond donors (Lipinski definition) is 1. The summed E-state index contributed by atoms with van der Waals surface area (Å²) < 4.78 is 77.0. The average Bonchev–Trinajstić information content (AvgIpc) is 3.18. The number of unbranched alkanes of at least 4 members (excludes halogenated alkanes) is 1. The van der Waals surface area contributed by atoms with Gasteiger partial charge in [-0.25, -0.2) is 18.2 Å². The van der Waals surface area contributed by atoms with Gasteiger partial charge in [-0.3, -0.25) is 4.68 Å². The topological polar surface area (TPSA) is 65.4 Å². The molecule has 192 valence electrons. The molecule has 1 aromatic heterocycles. The molecule has 0 saturated heterocycles. The molecule has 2 aromatic carbocycles. The van der Waals surface area contributed by atoms with Crippen LogP contribution in [0.1, 0.15) is 56.8 Å². The van der Waals surface area contributed by atoms with E-state index >= 15 is 4.39 Å². The van der Waals surface area contributed by atoms with Gasteiger partial charge in [-0.1, -0.05) is 33.3 Å². The quantitative estimate of drug-likeness (QED) is 0.135. The minimum Gasteiger partial charge on any atom is -0.451 e. The van der Waals surface area contributed by atoms with Gasteiger partial charge in [0.2, 0.25) is 17.4 Å². The fraction of sp³-hybridized carbons (Fsp3) is 0.308. The Bertz CT molecular complexity index is 1280. The van der Waals surface area contributed by atoms with E-state index in [1.165, 1.54) is 18.3 Å². The van der Waals surface area contributed by atoms with E-state index in [1.807, 2.05) is 13.8 Å². The average molecular weight is 507 g/mol. The molecule has 10 heteroatoms. The minimum atomic E-state index is -1.74. The van der Waals surface area contributed by atoms with E-state index in [2.05, 4.69) is 23.6 Å². The molecule has 3 rings (SSSR count). The second-order valence-electron chi connectivity index (χ2n) is 8.20. The van der Waals surface area contributed by atoms with Crippen molar-refractivity contribution in [1.29, 1.82) is 0 Å². The van der Waals surface area contributed by atoms with E-state index in [1.54, 1.807) is 4.68 Å². The summed E-state index contributed by atoms with van der Waals surface area (Å²) in [5.74, 6) is -9.21. The summed E-state index contributed by atoms with van der Waals surface area (Å²) in [6.07, 6.45) is 4.90. The molecule has 0 radical (unpaired) electrons. The molecule has 0 saturated carbocycles. The van der Waals surface area contributed by atoms with E-state index in [0.717, 1.165) is 31.7 Å². The molecule has 0 aliphatic heterocycles. The predicted octanol–water partition coefficient (Wildman–Crippen LogP) is 7.34. The minimum absolute atomic E-state index is 0.0260. The molecule has 36 heavy (non-hydrogen) atoms. The molecule has 0 aliphatic rings. The Balaban J connectivity index is 2.10. The predicted molar refractivity (Wildman–Crippen MR) is 128 cm³/mol. The van der Waals surface area contributed by atoms with Crippen LogP contribution in [-0.4, -0.2) is 15.6 Å². The maximum Gasteiger partial charge on any atom is 0.204 e. The van der Waals surface area contributed by atoms with Gasteiger partial charge in [-0.15, -0.1) is 0 Å². The Morgan fingerprint density at radius 2 is 1.78 bits per heavy atom. The summed E-state index contributed by atoms with van der Waals surface area (Å²) in [5, 5.41) is 4.65. The van der Waals surface area contributed by atoms with Crippen molar-refractivity contribution < 1.29 is 26.7 Å². The number of rotatable bonds is 10. The number of aliphatic imine (C=N–C) groups is 1. The molecule has 5 nitrogen and oxygen atoms in total. The smallest absolute Gasteiger partial charge is 0.204 e. The van der Waals surface area contributed by atoms with Gasteiger partial charge in [0.05, 0.1) is 11.6 Å². The van der Waals surface area contributed by atoms with Crippen molar-refractivity contribution in [1.82, 2.24) is 9.78 Å². The van der Waals surface area contributed by atoms with Gasteiger partial charge in [-0.05, 0) is 31.9 Å². The zero-order valence-electron chi connectivity index (χ0n) is 20.2. The molecule has 1 unspecified atom stereocenters. The highest BCUT2D eigenvalue weighted by Crippen LogP contribution is 2.35. The standard InChI is InChI=1S/C26H27F5N4O/c1-5-8-9-15(6-2)35-14(4)21(26(32)33-7-3)24(34-35)17-11-10-16(12-18(17)27)36-25-22(30)19(28)13-20(29)23(25)31/h7,10-13,15H,3,5-6,8-9H2,1-2,4H3,(H2,32,33). The lowest BCUT2D eigenvalue weighted by atomic mass is 10.0. The third-order valence-corrected chi connectivity index (χ3v) is 5.83. The first-order valence-electron chi connectivity index (χ1n) is 11.5. The number of benzene rings is 2. The Labute approximate surface area is 206 Å². The van der Waals surface area contributed by atoms with Gasteiger partial charge < -0.3 is 10.5 Å². The van der Waals surface area contributed by atoms with Gasteiger partial charge >= 0.3 is 0 Å². The second kappa shape index (κ2) is 11.4. The Morgan fingerprint density at radius 1 is 1.11 bits per heavy atom. The van der Waals surface area contributed by atoms with Crippen LogP contribution in [0.4, 0.5) is 22.0 Å². The third-order valence-electron chi connectivity index (χ3n) is 5.83. The first-order valence-corrected chi connectivity index (χ1v) is 11.5. The van der Waals surface area contributed by atoms with E-state index < -0.39 is 34.8 Å². The highest BCUT2D eigenvalue weighted by molar-refractivity contribution is 6.04. The fourth-order valence-electron chi connectivity index (χ4n) is 3.98. The van der Waals surface area contributed by atoms with Crippen LogP contribution in [0.5, 0.6) is 11.5 Å². The molecule has 0 bridgehead atoms. The lowest BCUT2D eigenvalue weighted by Gasteiger charge is -2.17. The summed E-state index contributed by atoms with van der Waals surface area (Å²) >= 11 is 0. The van der Waals surface area contributed by atoms with Gasteiger partial charge in [0.15, 0.2) is 11.6 Å². The van der Waals surface area contributed by atoms with Gasteiger partial charge in [-0.2, -0.15) is 13.9 Å². The van der Waals surface area contributed by atoms with Crippen molar-refractivity contribution >= 4 is 5.84 Å². The van der Waals surface area contributed by atoms with Crippen LogP contribution in [0.15, 0.2) is 42.0 Å². The summed E-state index contributed by atoms with van der Waals surface area (Å²) in [6.45, 7) is 9.48. The molecule has 1 heterocycles. The zero-order chi connectivity index (χ0) is 26.6. The van der Waals surface area contributed by atoms with E-state index in [-0.39, 0.29) is 35.0 Å². The Morgan fingerprint density at radius 3 is 2.33 bits per heavy atom. The summed E-state index contributed by atoms with van der Waals surface area (Å²) in [4.78, 5) is 4.04. The van der Waals surface area contributed by atoms with Crippen molar-refractivity contribution in [2.45, 2.75) is 52.5 Å². The normalized spacial score (nSPS) is 12.6. The first kappa shape index (κ1) is 26.9. The van der Waals surface area contributed by atoms with Crippen molar-refractivity contribution in [3.05, 3.63) is 77.4 Å². The SMILES string of the molecule is C=CN=C(N)c1c(-c2ccc(Oc3c(F)c(F)cc(F)c3F)cc2F)nn(C(CC)CCCC)c1C. The summed E-state index contributed by atoms with van der Waals surface area (Å²) in [5.41, 5.74) is 7.51. The van der Waals surface area contributed by atoms with E-state index in [0.29, 0.717) is 11.3 Å². The molecule has 0 amide bonds. The highest BCUT2D eigenvalue weighted by atomic mass is 19.2. The number of nitrogens with two attached hydrogens (primary N) is 1. The van der Waals surface area contributed by atoms with Crippen LogP contribution >= 0.6 is 0 Å². The summed E-state index contributed by atoms with van der Waals surface area (Å²) in [6, 6.07) is 3.42. The van der Waals surface area contributed by atoms with Crippen LogP contribution in [0, 0.1) is 36.0 Å². The third kappa shape index (κ3) is 5.27. The molecule has 2 N–H and O–H groups in total. The van der Waals surface area contributed by atoms with Crippen LogP contribution in [0.25, 0.3) is 11.3 Å². The number of aromatic nitrogens is 2. The van der Waals surface area contributed by atoms with Gasteiger partial charge in [0, 0.05) is 29.6 Å². The van der Waals surface area contributed by atoms with Crippen molar-refractivity contribution in [2.75, 3.05) is 0 Å². The number of amidine groups is 1. The molecular weight excluding hydrogens is 479 g/mol. The highest BCUT2D eigenvalue weighted by Gasteiger charge is 2.26. The zero-order valence-corrected chi connectivity index (χ0v) is 20.2. The van der Waals surface area contributed by atoms with E-state index in [4.69, 9.17) is 10.5 Å².